The second-order valence-corrected chi connectivity index (χ2v) is 14.4. The molecule has 0 saturated heterocycles. The Bertz CT molecular complexity index is 2850. The first-order chi connectivity index (χ1) is 29.7. The first-order valence-electron chi connectivity index (χ1n) is 19.8. The number of benzene rings is 6. The molecule has 0 bridgehead atoms. The molecule has 0 spiro atoms. The Kier molecular flexibility index (Phi) is 9.84. The lowest BCUT2D eigenvalue weighted by Gasteiger charge is -2.11. The number of aromatic nitrogens is 6. The van der Waals surface area contributed by atoms with Gasteiger partial charge in [0.2, 0.25) is 0 Å². The third-order valence-corrected chi connectivity index (χ3v) is 10.5. The second kappa shape index (κ2) is 16.3. The number of rotatable bonds is 9. The largest absolute Gasteiger partial charge is 0.254 e. The van der Waals surface area contributed by atoms with E-state index in [1.54, 1.807) is 0 Å². The summed E-state index contributed by atoms with van der Waals surface area (Å²) in [7, 11) is 0. The first kappa shape index (κ1) is 36.1. The fourth-order valence-electron chi connectivity index (χ4n) is 7.26. The molecule has 10 rings (SSSR count). The van der Waals surface area contributed by atoms with Gasteiger partial charge in [-0.2, -0.15) is 0 Å². The van der Waals surface area contributed by atoms with Crippen molar-refractivity contribution in [2.75, 3.05) is 0 Å². The lowest BCUT2D eigenvalue weighted by molar-refractivity contribution is 1.07. The normalized spacial score (nSPS) is 11.0. The van der Waals surface area contributed by atoms with E-state index in [-0.39, 0.29) is 0 Å². The molecule has 0 fully saturated rings. The maximum atomic E-state index is 5.13. The molecule has 0 N–H and O–H groups in total. The molecule has 0 aliphatic carbocycles. The quantitative estimate of drug-likeness (QED) is 0.145. The minimum absolute atomic E-state index is 0.614. The van der Waals surface area contributed by atoms with Gasteiger partial charge in [0.25, 0.3) is 0 Å². The maximum absolute atomic E-state index is 5.13. The average molecular weight is 769 g/mol. The van der Waals surface area contributed by atoms with Crippen LogP contribution in [-0.4, -0.2) is 29.9 Å². The Hall–Kier alpha value is -8.22. The molecule has 0 unspecified atom stereocenters. The molecule has 0 aliphatic rings. The molecule has 6 aromatic carbocycles. The smallest absolute Gasteiger partial charge is 0.164 e. The van der Waals surface area contributed by atoms with Crippen molar-refractivity contribution < 1.29 is 0 Å². The van der Waals surface area contributed by atoms with Crippen molar-refractivity contribution >= 4 is 0 Å². The van der Waals surface area contributed by atoms with Crippen LogP contribution in [0.25, 0.3) is 101 Å². The summed E-state index contributed by atoms with van der Waals surface area (Å²) in [6, 6.07) is 70.2. The predicted octanol–water partition coefficient (Wildman–Crippen LogP) is 13.1. The van der Waals surface area contributed by atoms with E-state index in [4.69, 9.17) is 29.9 Å². The van der Waals surface area contributed by atoms with Gasteiger partial charge in [-0.15, -0.1) is 0 Å². The van der Waals surface area contributed by atoms with E-state index >= 15 is 0 Å². The minimum Gasteiger partial charge on any atom is -0.254 e. The zero-order valence-corrected chi connectivity index (χ0v) is 32.5. The van der Waals surface area contributed by atoms with Gasteiger partial charge >= 0.3 is 0 Å². The van der Waals surface area contributed by atoms with Crippen LogP contribution in [0.15, 0.2) is 219 Å². The van der Waals surface area contributed by atoms with Crippen molar-refractivity contribution in [3.63, 3.8) is 0 Å². The van der Waals surface area contributed by atoms with Crippen LogP contribution in [0.5, 0.6) is 0 Å². The van der Waals surface area contributed by atoms with E-state index in [9.17, 15) is 0 Å². The van der Waals surface area contributed by atoms with E-state index in [2.05, 4.69) is 109 Å². The Balaban J connectivity index is 0.967. The van der Waals surface area contributed by atoms with Crippen molar-refractivity contribution in [2.24, 2.45) is 0 Å². The van der Waals surface area contributed by atoms with Gasteiger partial charge in [-0.25, -0.2) is 19.9 Å². The van der Waals surface area contributed by atoms with E-state index in [1.165, 1.54) is 11.1 Å². The Morgan fingerprint density at radius 3 is 0.867 bits per heavy atom. The zero-order valence-electron chi connectivity index (χ0n) is 32.5. The Morgan fingerprint density at radius 2 is 0.483 bits per heavy atom. The highest BCUT2D eigenvalue weighted by atomic mass is 15.0. The molecule has 0 atom stereocenters. The standard InChI is InChI=1S/C54H36N6/c1-5-13-37(14-6-1)39-21-23-41(24-22-39)47-33-50(48-31-29-45(35-55-48)38-15-7-2-8-16-38)57-51(34-47)49-32-30-46(36-56-49)40-25-27-44(28-26-40)54-59-52(42-17-9-3-10-18-42)58-53(60-54)43-19-11-4-12-20-43/h1-36H. The van der Waals surface area contributed by atoms with E-state index in [0.717, 1.165) is 72.8 Å². The van der Waals surface area contributed by atoms with Crippen LogP contribution in [0.1, 0.15) is 0 Å². The third-order valence-electron chi connectivity index (χ3n) is 10.5. The molecule has 282 valence electrons. The molecular weight excluding hydrogens is 733 g/mol. The van der Waals surface area contributed by atoms with E-state index in [0.29, 0.717) is 17.5 Å². The highest BCUT2D eigenvalue weighted by Gasteiger charge is 2.15. The average Bonchev–Trinajstić information content (AvgIpc) is 3.35. The SMILES string of the molecule is c1ccc(-c2ccc(-c3cc(-c4ccc(-c5ccccc5)cn4)nc(-c4ccc(-c5ccc(-c6nc(-c7ccccc7)nc(-c7ccccc7)n6)cc5)cn4)c3)cc2)cc1. The summed E-state index contributed by atoms with van der Waals surface area (Å²) in [5.74, 6) is 1.88. The molecule has 6 heteroatoms. The molecule has 0 amide bonds. The van der Waals surface area contributed by atoms with Gasteiger partial charge in [-0.05, 0) is 57.6 Å². The first-order valence-corrected chi connectivity index (χ1v) is 19.8. The number of pyridine rings is 3. The molecule has 10 aromatic rings. The molecule has 0 aliphatic heterocycles. The lowest BCUT2D eigenvalue weighted by atomic mass is 9.98. The van der Waals surface area contributed by atoms with E-state index < -0.39 is 0 Å². The molecular formula is C54H36N6. The maximum Gasteiger partial charge on any atom is 0.164 e. The van der Waals surface area contributed by atoms with Crippen molar-refractivity contribution in [1.29, 1.82) is 0 Å². The molecule has 4 aromatic heterocycles. The highest BCUT2D eigenvalue weighted by Crippen LogP contribution is 2.33. The molecule has 60 heavy (non-hydrogen) atoms. The summed E-state index contributed by atoms with van der Waals surface area (Å²) in [4.78, 5) is 29.6. The van der Waals surface area contributed by atoms with Crippen molar-refractivity contribution in [1.82, 2.24) is 29.9 Å². The Morgan fingerprint density at radius 1 is 0.200 bits per heavy atom. The fourth-order valence-corrected chi connectivity index (χ4v) is 7.26. The summed E-state index contributed by atoms with van der Waals surface area (Å²) in [5, 5.41) is 0. The highest BCUT2D eigenvalue weighted by molar-refractivity contribution is 5.78. The predicted molar refractivity (Wildman–Crippen MR) is 242 cm³/mol. The summed E-state index contributed by atoms with van der Waals surface area (Å²) in [6.07, 6.45) is 3.82. The van der Waals surface area contributed by atoms with Gasteiger partial charge in [-0.1, -0.05) is 182 Å². The van der Waals surface area contributed by atoms with Crippen LogP contribution >= 0.6 is 0 Å². The summed E-state index contributed by atoms with van der Waals surface area (Å²) in [6.45, 7) is 0. The van der Waals surface area contributed by atoms with Gasteiger partial charge in [0.05, 0.1) is 22.8 Å². The zero-order chi connectivity index (χ0) is 40.1. The van der Waals surface area contributed by atoms with Crippen LogP contribution in [0.4, 0.5) is 0 Å². The van der Waals surface area contributed by atoms with Gasteiger partial charge in [-0.3, -0.25) is 9.97 Å². The monoisotopic (exact) mass is 768 g/mol. The number of nitrogens with zero attached hydrogens (tertiary/aromatic N) is 6. The number of hydrogen-bond acceptors (Lipinski definition) is 6. The summed E-state index contributed by atoms with van der Waals surface area (Å²) >= 11 is 0. The number of hydrogen-bond donors (Lipinski definition) is 0. The van der Waals surface area contributed by atoms with Gasteiger partial charge in [0, 0.05) is 40.2 Å². The molecule has 0 radical (unpaired) electrons. The van der Waals surface area contributed by atoms with Crippen LogP contribution in [0, 0.1) is 0 Å². The van der Waals surface area contributed by atoms with Crippen molar-refractivity contribution in [3.8, 4) is 101 Å². The molecule has 6 nitrogen and oxygen atoms in total. The van der Waals surface area contributed by atoms with Gasteiger partial charge in [0.15, 0.2) is 17.5 Å². The lowest BCUT2D eigenvalue weighted by Crippen LogP contribution is -2.00. The van der Waals surface area contributed by atoms with E-state index in [1.807, 2.05) is 109 Å². The second-order valence-electron chi connectivity index (χ2n) is 14.4. The summed E-state index contributed by atoms with van der Waals surface area (Å²) in [5.41, 5.74) is 14.5. The summed E-state index contributed by atoms with van der Waals surface area (Å²) < 4.78 is 0. The van der Waals surface area contributed by atoms with Crippen molar-refractivity contribution in [3.05, 3.63) is 219 Å². The Labute approximate surface area is 348 Å². The topological polar surface area (TPSA) is 77.3 Å². The van der Waals surface area contributed by atoms with Gasteiger partial charge < -0.3 is 0 Å². The van der Waals surface area contributed by atoms with Crippen LogP contribution in [0.2, 0.25) is 0 Å². The van der Waals surface area contributed by atoms with Gasteiger partial charge in [0.1, 0.15) is 0 Å². The minimum atomic E-state index is 0.614. The van der Waals surface area contributed by atoms with Crippen LogP contribution < -0.4 is 0 Å². The van der Waals surface area contributed by atoms with Crippen LogP contribution in [-0.2, 0) is 0 Å². The van der Waals surface area contributed by atoms with Crippen LogP contribution in [0.3, 0.4) is 0 Å². The molecule has 4 heterocycles. The third kappa shape index (κ3) is 7.73. The fraction of sp³-hybridized carbons (Fsp3) is 0. The van der Waals surface area contributed by atoms with Crippen molar-refractivity contribution in [2.45, 2.75) is 0 Å². The molecule has 0 saturated carbocycles.